The van der Waals surface area contributed by atoms with E-state index in [1.807, 2.05) is 24.3 Å². The number of rotatable bonds is 6. The quantitative estimate of drug-likeness (QED) is 0.567. The first-order valence-corrected chi connectivity index (χ1v) is 9.75. The third-order valence-electron chi connectivity index (χ3n) is 4.49. The van der Waals surface area contributed by atoms with E-state index in [1.54, 1.807) is 24.3 Å². The van der Waals surface area contributed by atoms with Gasteiger partial charge in [0, 0.05) is 11.4 Å². The molecule has 3 aromatic rings. The maximum atomic E-state index is 12.2. The number of carbonyl (C=O) groups is 3. The fourth-order valence-electron chi connectivity index (χ4n) is 2.76. The maximum Gasteiger partial charge on any atom is 0.338 e. The van der Waals surface area contributed by atoms with Gasteiger partial charge in [-0.2, -0.15) is 0 Å². The summed E-state index contributed by atoms with van der Waals surface area (Å²) in [5.41, 5.74) is 2.56. The number of hydrogen-bond donors (Lipinski definition) is 2. The first-order chi connectivity index (χ1) is 14.7. The molecule has 0 fully saturated rings. The fourth-order valence-corrected chi connectivity index (χ4v) is 2.76. The summed E-state index contributed by atoms with van der Waals surface area (Å²) in [6.07, 6.45) is 1.41. The van der Waals surface area contributed by atoms with Gasteiger partial charge in [-0.3, -0.25) is 9.59 Å². The lowest BCUT2D eigenvalue weighted by atomic mass is 9.87. The summed E-state index contributed by atoms with van der Waals surface area (Å²) in [7, 11) is 0. The largest absolute Gasteiger partial charge is 0.459 e. The van der Waals surface area contributed by atoms with Crippen LogP contribution in [0.1, 0.15) is 47.2 Å². The number of esters is 1. The Hall–Kier alpha value is -3.87. The van der Waals surface area contributed by atoms with Gasteiger partial charge in [0.15, 0.2) is 12.4 Å². The topological polar surface area (TPSA) is 97.6 Å². The number of benzene rings is 2. The zero-order chi connectivity index (χ0) is 22.4. The molecule has 0 aliphatic carbocycles. The molecule has 2 amide bonds. The molecule has 0 bridgehead atoms. The van der Waals surface area contributed by atoms with Gasteiger partial charge in [0.25, 0.3) is 11.8 Å². The van der Waals surface area contributed by atoms with Gasteiger partial charge in [-0.25, -0.2) is 4.79 Å². The fraction of sp³-hybridized carbons (Fsp3) is 0.208. The summed E-state index contributed by atoms with van der Waals surface area (Å²) in [5, 5.41) is 5.35. The van der Waals surface area contributed by atoms with Crippen molar-refractivity contribution in [3.63, 3.8) is 0 Å². The lowest BCUT2D eigenvalue weighted by molar-refractivity contribution is -0.119. The van der Waals surface area contributed by atoms with Crippen LogP contribution in [0.25, 0.3) is 0 Å². The van der Waals surface area contributed by atoms with Crippen LogP contribution >= 0.6 is 0 Å². The van der Waals surface area contributed by atoms with Gasteiger partial charge in [0.2, 0.25) is 0 Å². The molecule has 3 rings (SSSR count). The Labute approximate surface area is 180 Å². The van der Waals surface area contributed by atoms with Gasteiger partial charge in [-0.1, -0.05) is 32.9 Å². The molecule has 0 saturated heterocycles. The van der Waals surface area contributed by atoms with Crippen LogP contribution < -0.4 is 10.6 Å². The molecule has 2 N–H and O–H groups in total. The number of amides is 2. The molecular weight excluding hydrogens is 396 g/mol. The second-order valence-electron chi connectivity index (χ2n) is 7.96. The minimum Gasteiger partial charge on any atom is -0.459 e. The third-order valence-corrected chi connectivity index (χ3v) is 4.49. The summed E-state index contributed by atoms with van der Waals surface area (Å²) in [5.74, 6) is -1.28. The Balaban J connectivity index is 1.48. The van der Waals surface area contributed by atoms with Crippen LogP contribution in [0, 0.1) is 0 Å². The van der Waals surface area contributed by atoms with E-state index < -0.39 is 24.4 Å². The summed E-state index contributed by atoms with van der Waals surface area (Å²) in [4.78, 5) is 36.2. The Morgan fingerprint density at radius 1 is 0.871 bits per heavy atom. The van der Waals surface area contributed by atoms with Crippen LogP contribution in [-0.2, 0) is 14.9 Å². The Morgan fingerprint density at radius 3 is 2.06 bits per heavy atom. The van der Waals surface area contributed by atoms with Crippen LogP contribution in [-0.4, -0.2) is 24.4 Å². The normalized spacial score (nSPS) is 10.9. The highest BCUT2D eigenvalue weighted by atomic mass is 16.5. The van der Waals surface area contributed by atoms with Crippen molar-refractivity contribution in [3.8, 4) is 0 Å². The van der Waals surface area contributed by atoms with Crippen molar-refractivity contribution in [1.82, 2.24) is 0 Å². The number of ether oxygens (including phenoxy) is 1. The summed E-state index contributed by atoms with van der Waals surface area (Å²) in [6.45, 7) is 5.93. The van der Waals surface area contributed by atoms with Gasteiger partial charge in [0.1, 0.15) is 0 Å². The van der Waals surface area contributed by atoms with Gasteiger partial charge in [-0.15, -0.1) is 0 Å². The van der Waals surface area contributed by atoms with Crippen molar-refractivity contribution in [3.05, 3.63) is 83.8 Å². The predicted molar refractivity (Wildman–Crippen MR) is 117 cm³/mol. The Kier molecular flexibility index (Phi) is 6.55. The Morgan fingerprint density at radius 2 is 1.48 bits per heavy atom. The predicted octanol–water partition coefficient (Wildman–Crippen LogP) is 4.62. The molecule has 0 aliphatic rings. The summed E-state index contributed by atoms with van der Waals surface area (Å²) >= 11 is 0. The van der Waals surface area contributed by atoms with E-state index in [4.69, 9.17) is 9.15 Å². The summed E-state index contributed by atoms with van der Waals surface area (Å²) < 4.78 is 10.1. The number of furan rings is 1. The minimum atomic E-state index is -0.637. The Bertz CT molecular complexity index is 1050. The van der Waals surface area contributed by atoms with E-state index in [2.05, 4.69) is 31.4 Å². The van der Waals surface area contributed by atoms with Crippen LogP contribution in [0.4, 0.5) is 11.4 Å². The number of hydrogen-bond acceptors (Lipinski definition) is 5. The highest BCUT2D eigenvalue weighted by molar-refractivity contribution is 6.02. The lowest BCUT2D eigenvalue weighted by Gasteiger charge is -2.19. The highest BCUT2D eigenvalue weighted by Gasteiger charge is 2.14. The maximum absolute atomic E-state index is 12.2. The van der Waals surface area contributed by atoms with E-state index in [0.717, 1.165) is 5.56 Å². The first kappa shape index (κ1) is 21.8. The summed E-state index contributed by atoms with van der Waals surface area (Å²) in [6, 6.07) is 16.8. The van der Waals surface area contributed by atoms with Crippen molar-refractivity contribution in [1.29, 1.82) is 0 Å². The molecule has 2 aromatic carbocycles. The standard InChI is InChI=1S/C24H24N2O5/c1-24(2,3)17-8-12-18(13-9-17)25-21(27)15-31-23(29)16-6-10-19(11-7-16)26-22(28)20-5-4-14-30-20/h4-14H,15H2,1-3H3,(H,25,27)(H,26,28). The zero-order valence-corrected chi connectivity index (χ0v) is 17.6. The molecule has 7 nitrogen and oxygen atoms in total. The van der Waals surface area contributed by atoms with Crippen LogP contribution in [0.2, 0.25) is 0 Å². The average molecular weight is 420 g/mol. The van der Waals surface area contributed by atoms with E-state index >= 15 is 0 Å². The molecule has 31 heavy (non-hydrogen) atoms. The monoisotopic (exact) mass is 420 g/mol. The van der Waals surface area contributed by atoms with Gasteiger partial charge < -0.3 is 19.8 Å². The number of carbonyl (C=O) groups excluding carboxylic acids is 3. The molecule has 1 heterocycles. The highest BCUT2D eigenvalue weighted by Crippen LogP contribution is 2.23. The SMILES string of the molecule is CC(C)(C)c1ccc(NC(=O)COC(=O)c2ccc(NC(=O)c3ccco3)cc2)cc1. The van der Waals surface area contributed by atoms with E-state index in [0.29, 0.717) is 11.4 Å². The molecule has 1 aromatic heterocycles. The van der Waals surface area contributed by atoms with Gasteiger partial charge >= 0.3 is 5.97 Å². The molecule has 0 spiro atoms. The molecular formula is C24H24N2O5. The third kappa shape index (κ3) is 6.05. The van der Waals surface area contributed by atoms with E-state index in [1.165, 1.54) is 18.4 Å². The minimum absolute atomic E-state index is 0.0230. The number of nitrogens with one attached hydrogen (secondary N) is 2. The van der Waals surface area contributed by atoms with Crippen molar-refractivity contribution >= 4 is 29.2 Å². The lowest BCUT2D eigenvalue weighted by Crippen LogP contribution is -2.21. The van der Waals surface area contributed by atoms with E-state index in [-0.39, 0.29) is 16.7 Å². The molecule has 0 atom stereocenters. The molecule has 0 unspecified atom stereocenters. The van der Waals surface area contributed by atoms with Crippen molar-refractivity contribution in [2.45, 2.75) is 26.2 Å². The molecule has 0 aliphatic heterocycles. The molecule has 160 valence electrons. The van der Waals surface area contributed by atoms with Crippen molar-refractivity contribution < 1.29 is 23.5 Å². The smallest absolute Gasteiger partial charge is 0.338 e. The average Bonchev–Trinajstić information content (AvgIpc) is 3.27. The second kappa shape index (κ2) is 9.30. The van der Waals surface area contributed by atoms with Gasteiger partial charge in [0.05, 0.1) is 11.8 Å². The van der Waals surface area contributed by atoms with Gasteiger partial charge in [-0.05, 0) is 59.5 Å². The first-order valence-electron chi connectivity index (χ1n) is 9.75. The van der Waals surface area contributed by atoms with Crippen LogP contribution in [0.15, 0.2) is 71.3 Å². The van der Waals surface area contributed by atoms with E-state index in [9.17, 15) is 14.4 Å². The second-order valence-corrected chi connectivity index (χ2v) is 7.96. The zero-order valence-electron chi connectivity index (χ0n) is 17.6. The molecule has 7 heteroatoms. The van der Waals surface area contributed by atoms with Crippen molar-refractivity contribution in [2.24, 2.45) is 0 Å². The molecule has 0 saturated carbocycles. The van der Waals surface area contributed by atoms with Crippen LogP contribution in [0.5, 0.6) is 0 Å². The van der Waals surface area contributed by atoms with Crippen LogP contribution in [0.3, 0.4) is 0 Å². The number of anilines is 2. The van der Waals surface area contributed by atoms with Crippen molar-refractivity contribution in [2.75, 3.05) is 17.2 Å². The molecule has 0 radical (unpaired) electrons.